The van der Waals surface area contributed by atoms with Gasteiger partial charge in [-0.1, -0.05) is 31.5 Å². The SMILES string of the molecule is CCCCc1cc(=O)oc2c(C)c3c(cc12)CN(c1ccccc1C)CO3. The Kier molecular flexibility index (Phi) is 4.65. The molecule has 4 rings (SSSR count). The first kappa shape index (κ1) is 17.7. The van der Waals surface area contributed by atoms with Crippen LogP contribution in [0.4, 0.5) is 5.69 Å². The van der Waals surface area contributed by atoms with E-state index in [1.165, 1.54) is 11.3 Å². The van der Waals surface area contributed by atoms with Gasteiger partial charge in [0, 0.05) is 34.8 Å². The molecular weight excluding hydrogens is 338 g/mol. The molecule has 0 saturated heterocycles. The molecule has 0 bridgehead atoms. The molecule has 1 aromatic heterocycles. The van der Waals surface area contributed by atoms with E-state index in [0.29, 0.717) is 12.3 Å². The molecule has 0 saturated carbocycles. The average Bonchev–Trinajstić information content (AvgIpc) is 2.67. The van der Waals surface area contributed by atoms with E-state index in [-0.39, 0.29) is 5.63 Å². The number of ether oxygens (including phenoxy) is 1. The molecule has 0 spiro atoms. The van der Waals surface area contributed by atoms with Crippen LogP contribution >= 0.6 is 0 Å². The van der Waals surface area contributed by atoms with Crippen LogP contribution in [0.15, 0.2) is 45.6 Å². The average molecular weight is 363 g/mol. The number of fused-ring (bicyclic) bond motifs is 2. The number of nitrogens with zero attached hydrogens (tertiary/aromatic N) is 1. The maximum Gasteiger partial charge on any atom is 0.336 e. The Morgan fingerprint density at radius 3 is 2.74 bits per heavy atom. The number of unbranched alkanes of at least 4 members (excludes halogenated alkanes) is 1. The second-order valence-corrected chi connectivity index (χ2v) is 7.32. The third-order valence-electron chi connectivity index (χ3n) is 5.36. The summed E-state index contributed by atoms with van der Waals surface area (Å²) >= 11 is 0. The van der Waals surface area contributed by atoms with Gasteiger partial charge in [0.2, 0.25) is 0 Å². The summed E-state index contributed by atoms with van der Waals surface area (Å²) in [6, 6.07) is 12.2. The topological polar surface area (TPSA) is 42.7 Å². The van der Waals surface area contributed by atoms with Gasteiger partial charge >= 0.3 is 5.63 Å². The third-order valence-corrected chi connectivity index (χ3v) is 5.36. The lowest BCUT2D eigenvalue weighted by molar-refractivity contribution is 0.287. The highest BCUT2D eigenvalue weighted by Crippen LogP contribution is 2.37. The zero-order valence-electron chi connectivity index (χ0n) is 16.2. The van der Waals surface area contributed by atoms with Crippen LogP contribution < -0.4 is 15.3 Å². The summed E-state index contributed by atoms with van der Waals surface area (Å²) in [6.45, 7) is 7.53. The van der Waals surface area contributed by atoms with E-state index in [1.807, 2.05) is 6.92 Å². The van der Waals surface area contributed by atoms with Crippen LogP contribution in [0.5, 0.6) is 5.75 Å². The highest BCUT2D eigenvalue weighted by atomic mass is 16.5. The van der Waals surface area contributed by atoms with Crippen LogP contribution in [0.2, 0.25) is 0 Å². The van der Waals surface area contributed by atoms with Crippen LogP contribution in [0.1, 0.15) is 42.0 Å². The molecule has 0 N–H and O–H groups in total. The third kappa shape index (κ3) is 3.20. The van der Waals surface area contributed by atoms with E-state index in [2.05, 4.69) is 49.1 Å². The smallest absolute Gasteiger partial charge is 0.336 e. The van der Waals surface area contributed by atoms with Gasteiger partial charge < -0.3 is 14.1 Å². The van der Waals surface area contributed by atoms with Crippen molar-refractivity contribution >= 4 is 16.7 Å². The van der Waals surface area contributed by atoms with E-state index in [1.54, 1.807) is 6.07 Å². The summed E-state index contributed by atoms with van der Waals surface area (Å²) in [4.78, 5) is 14.3. The Morgan fingerprint density at radius 1 is 1.15 bits per heavy atom. The summed E-state index contributed by atoms with van der Waals surface area (Å²) < 4.78 is 11.7. The minimum Gasteiger partial charge on any atom is -0.472 e. The fraction of sp³-hybridized carbons (Fsp3) is 0.348. The monoisotopic (exact) mass is 363 g/mol. The van der Waals surface area contributed by atoms with Gasteiger partial charge in [-0.2, -0.15) is 0 Å². The number of hydrogen-bond donors (Lipinski definition) is 0. The molecule has 0 unspecified atom stereocenters. The fourth-order valence-corrected chi connectivity index (χ4v) is 3.93. The van der Waals surface area contributed by atoms with Gasteiger partial charge in [0.15, 0.2) is 6.73 Å². The van der Waals surface area contributed by atoms with Gasteiger partial charge in [0.05, 0.1) is 0 Å². The number of hydrogen-bond acceptors (Lipinski definition) is 4. The maximum atomic E-state index is 12.0. The first-order valence-corrected chi connectivity index (χ1v) is 9.61. The summed E-state index contributed by atoms with van der Waals surface area (Å²) in [5, 5.41) is 1.04. The molecule has 1 aliphatic heterocycles. The van der Waals surface area contributed by atoms with Crippen molar-refractivity contribution in [1.82, 2.24) is 0 Å². The van der Waals surface area contributed by atoms with Crippen molar-refractivity contribution in [3.05, 3.63) is 69.1 Å². The minimum absolute atomic E-state index is 0.283. The van der Waals surface area contributed by atoms with Crippen LogP contribution in [0.3, 0.4) is 0 Å². The van der Waals surface area contributed by atoms with E-state index in [0.717, 1.165) is 53.6 Å². The van der Waals surface area contributed by atoms with E-state index >= 15 is 0 Å². The number of aryl methyl sites for hydroxylation is 3. The molecule has 2 aromatic carbocycles. The normalized spacial score (nSPS) is 13.5. The molecule has 0 amide bonds. The molecule has 4 heteroatoms. The van der Waals surface area contributed by atoms with Crippen molar-refractivity contribution in [3.63, 3.8) is 0 Å². The minimum atomic E-state index is -0.283. The predicted octanol–water partition coefficient (Wildman–Crippen LogP) is 5.11. The first-order chi connectivity index (χ1) is 13.1. The van der Waals surface area contributed by atoms with Gasteiger partial charge in [0.25, 0.3) is 0 Å². The molecular formula is C23H25NO3. The molecule has 140 valence electrons. The Hall–Kier alpha value is -2.75. The van der Waals surface area contributed by atoms with Crippen molar-refractivity contribution in [2.24, 2.45) is 0 Å². The zero-order valence-corrected chi connectivity index (χ0v) is 16.2. The lowest BCUT2D eigenvalue weighted by Crippen LogP contribution is -2.32. The standard InChI is InChI=1S/C23H25NO3/c1-4-5-9-17-12-21(25)27-23-16(3)22-18(11-19(17)23)13-24(14-26-22)20-10-7-6-8-15(20)2/h6-8,10-12H,4-5,9,13-14H2,1-3H3. The Bertz CT molecular complexity index is 1050. The molecule has 2 heterocycles. The van der Waals surface area contributed by atoms with Crippen molar-refractivity contribution in [1.29, 1.82) is 0 Å². The van der Waals surface area contributed by atoms with Gasteiger partial charge in [-0.3, -0.25) is 0 Å². The summed E-state index contributed by atoms with van der Waals surface area (Å²) in [5.74, 6) is 0.850. The first-order valence-electron chi connectivity index (χ1n) is 9.61. The van der Waals surface area contributed by atoms with Gasteiger partial charge in [-0.05, 0) is 49.9 Å². The summed E-state index contributed by atoms with van der Waals surface area (Å²) in [7, 11) is 0. The predicted molar refractivity (Wildman–Crippen MR) is 109 cm³/mol. The van der Waals surface area contributed by atoms with Gasteiger partial charge in [-0.15, -0.1) is 0 Å². The van der Waals surface area contributed by atoms with Crippen molar-refractivity contribution in [2.45, 2.75) is 46.6 Å². The molecule has 1 aliphatic rings. The largest absolute Gasteiger partial charge is 0.472 e. The quantitative estimate of drug-likeness (QED) is 0.604. The van der Waals surface area contributed by atoms with E-state index in [4.69, 9.17) is 9.15 Å². The number of para-hydroxylation sites is 1. The molecule has 0 radical (unpaired) electrons. The number of anilines is 1. The van der Waals surface area contributed by atoms with E-state index < -0.39 is 0 Å². The van der Waals surface area contributed by atoms with Crippen LogP contribution in [-0.4, -0.2) is 6.73 Å². The van der Waals surface area contributed by atoms with Crippen molar-refractivity contribution < 1.29 is 9.15 Å². The number of benzene rings is 2. The van der Waals surface area contributed by atoms with E-state index in [9.17, 15) is 4.79 Å². The molecule has 3 aromatic rings. The van der Waals surface area contributed by atoms with Crippen molar-refractivity contribution in [2.75, 3.05) is 11.6 Å². The molecule has 27 heavy (non-hydrogen) atoms. The maximum absolute atomic E-state index is 12.0. The highest BCUT2D eigenvalue weighted by molar-refractivity contribution is 5.86. The highest BCUT2D eigenvalue weighted by Gasteiger charge is 2.23. The Morgan fingerprint density at radius 2 is 1.96 bits per heavy atom. The lowest BCUT2D eigenvalue weighted by atomic mass is 9.98. The Labute approximate surface area is 159 Å². The van der Waals surface area contributed by atoms with Gasteiger partial charge in [-0.25, -0.2) is 4.79 Å². The summed E-state index contributed by atoms with van der Waals surface area (Å²) in [6.07, 6.45) is 3.04. The molecule has 0 atom stereocenters. The van der Waals surface area contributed by atoms with Gasteiger partial charge in [0.1, 0.15) is 11.3 Å². The summed E-state index contributed by atoms with van der Waals surface area (Å²) in [5.41, 5.74) is 5.93. The molecule has 4 nitrogen and oxygen atoms in total. The second kappa shape index (κ2) is 7.10. The lowest BCUT2D eigenvalue weighted by Gasteiger charge is -2.33. The fourth-order valence-electron chi connectivity index (χ4n) is 3.93. The number of rotatable bonds is 4. The Balaban J connectivity index is 1.81. The molecule has 0 aliphatic carbocycles. The van der Waals surface area contributed by atoms with Crippen LogP contribution in [0.25, 0.3) is 11.0 Å². The second-order valence-electron chi connectivity index (χ2n) is 7.32. The molecule has 0 fully saturated rings. The van der Waals surface area contributed by atoms with Crippen LogP contribution in [0, 0.1) is 13.8 Å². The van der Waals surface area contributed by atoms with Crippen LogP contribution in [-0.2, 0) is 13.0 Å². The zero-order chi connectivity index (χ0) is 19.0. The van der Waals surface area contributed by atoms with Crippen molar-refractivity contribution in [3.8, 4) is 5.75 Å².